The molecule has 0 radical (unpaired) electrons. The van der Waals surface area contributed by atoms with E-state index in [-0.39, 0.29) is 6.03 Å². The van der Waals surface area contributed by atoms with Crippen LogP contribution in [0.4, 0.5) is 23.7 Å². The molecule has 1 fully saturated rings. The number of carbonyl (C=O) groups excluding carboxylic acids is 1. The van der Waals surface area contributed by atoms with Crippen LogP contribution in [0.2, 0.25) is 0 Å². The molecule has 3 rings (SSSR count). The van der Waals surface area contributed by atoms with Gasteiger partial charge in [-0.3, -0.25) is 0 Å². The van der Waals surface area contributed by atoms with E-state index in [1.54, 1.807) is 0 Å². The van der Waals surface area contributed by atoms with Crippen LogP contribution in [0.3, 0.4) is 0 Å². The molecule has 0 saturated carbocycles. The van der Waals surface area contributed by atoms with E-state index in [1.165, 1.54) is 5.56 Å². The number of benzene rings is 1. The molecule has 0 unspecified atom stereocenters. The van der Waals surface area contributed by atoms with Crippen LogP contribution in [0.5, 0.6) is 0 Å². The summed E-state index contributed by atoms with van der Waals surface area (Å²) in [4.78, 5) is 23.2. The third-order valence-electron chi connectivity index (χ3n) is 4.13. The summed E-state index contributed by atoms with van der Waals surface area (Å²) in [5.74, 6) is -2.76. The fourth-order valence-electron chi connectivity index (χ4n) is 2.86. The highest BCUT2D eigenvalue weighted by molar-refractivity contribution is 5.91. The van der Waals surface area contributed by atoms with Crippen LogP contribution in [0.25, 0.3) is 0 Å². The van der Waals surface area contributed by atoms with Gasteiger partial charge in [-0.1, -0.05) is 18.2 Å². The number of rotatable bonds is 1. The number of nitrogens with zero attached hydrogens (tertiary/aromatic N) is 1. The summed E-state index contributed by atoms with van der Waals surface area (Å²) in [6.07, 6.45) is -2.02. The lowest BCUT2D eigenvalue weighted by Gasteiger charge is -2.33. The normalized spacial score (nSPS) is 18.4. The maximum absolute atomic E-state index is 12.3. The Bertz CT molecular complexity index is 616. The number of hydrogen-bond acceptors (Lipinski definition) is 3. The summed E-state index contributed by atoms with van der Waals surface area (Å²) >= 11 is 0. The number of halogens is 3. The largest absolute Gasteiger partial charge is 0.490 e. The summed E-state index contributed by atoms with van der Waals surface area (Å²) in [6.45, 7) is 2.86. The Hall–Kier alpha value is -2.29. The highest BCUT2D eigenvalue weighted by atomic mass is 19.4. The average molecular weight is 359 g/mol. The van der Waals surface area contributed by atoms with E-state index in [9.17, 15) is 18.0 Å². The maximum atomic E-state index is 12.3. The Morgan fingerprint density at radius 2 is 1.80 bits per heavy atom. The molecule has 1 aromatic carbocycles. The summed E-state index contributed by atoms with van der Waals surface area (Å²) in [6, 6.07) is 8.54. The first-order valence-electron chi connectivity index (χ1n) is 7.95. The minimum atomic E-state index is -5.08. The SMILES string of the molecule is O=C(O)C(F)(F)F.O=C1Nc2ccccc2CCN1C1CCNCC1. The minimum Gasteiger partial charge on any atom is -0.475 e. The molecule has 2 amide bonds. The number of nitrogens with one attached hydrogen (secondary N) is 2. The van der Waals surface area contributed by atoms with Crippen LogP contribution < -0.4 is 10.6 Å². The zero-order valence-corrected chi connectivity index (χ0v) is 13.5. The molecule has 1 aromatic rings. The highest BCUT2D eigenvalue weighted by Crippen LogP contribution is 2.23. The van der Waals surface area contributed by atoms with Crippen LogP contribution in [-0.4, -0.2) is 53.9 Å². The highest BCUT2D eigenvalue weighted by Gasteiger charge is 2.38. The van der Waals surface area contributed by atoms with Gasteiger partial charge in [0.2, 0.25) is 0 Å². The quantitative estimate of drug-likeness (QED) is 0.719. The Morgan fingerprint density at radius 1 is 1.20 bits per heavy atom. The van der Waals surface area contributed by atoms with Crippen molar-refractivity contribution in [2.75, 3.05) is 25.0 Å². The van der Waals surface area contributed by atoms with Gasteiger partial charge in [-0.15, -0.1) is 0 Å². The smallest absolute Gasteiger partial charge is 0.475 e. The number of amides is 2. The van der Waals surface area contributed by atoms with Crippen molar-refractivity contribution in [3.8, 4) is 0 Å². The number of fused-ring (bicyclic) bond motifs is 1. The third-order valence-corrected chi connectivity index (χ3v) is 4.13. The predicted octanol–water partition coefficient (Wildman–Crippen LogP) is 2.46. The van der Waals surface area contributed by atoms with Gasteiger partial charge in [0.05, 0.1) is 0 Å². The molecule has 0 aliphatic carbocycles. The number of hydrogen-bond donors (Lipinski definition) is 3. The van der Waals surface area contributed by atoms with Gasteiger partial charge < -0.3 is 20.6 Å². The lowest BCUT2D eigenvalue weighted by molar-refractivity contribution is -0.192. The van der Waals surface area contributed by atoms with Crippen LogP contribution >= 0.6 is 0 Å². The summed E-state index contributed by atoms with van der Waals surface area (Å²) in [7, 11) is 0. The van der Waals surface area contributed by atoms with Crippen molar-refractivity contribution in [3.05, 3.63) is 29.8 Å². The monoisotopic (exact) mass is 359 g/mol. The number of piperidine rings is 1. The maximum Gasteiger partial charge on any atom is 0.490 e. The Balaban J connectivity index is 0.000000277. The van der Waals surface area contributed by atoms with Crippen molar-refractivity contribution in [1.82, 2.24) is 10.2 Å². The molecule has 0 atom stereocenters. The van der Waals surface area contributed by atoms with Crippen LogP contribution in [-0.2, 0) is 11.2 Å². The van der Waals surface area contributed by atoms with Gasteiger partial charge in [-0.05, 0) is 44.0 Å². The topological polar surface area (TPSA) is 81.7 Å². The fourth-order valence-corrected chi connectivity index (χ4v) is 2.86. The molecule has 6 nitrogen and oxygen atoms in total. The minimum absolute atomic E-state index is 0.0619. The fraction of sp³-hybridized carbons (Fsp3) is 0.500. The van der Waals surface area contributed by atoms with E-state index < -0.39 is 12.1 Å². The molecular formula is C16H20F3N3O3. The molecule has 1 saturated heterocycles. The third kappa shape index (κ3) is 5.35. The zero-order chi connectivity index (χ0) is 18.4. The molecule has 25 heavy (non-hydrogen) atoms. The van der Waals surface area contributed by atoms with Crippen LogP contribution in [0, 0.1) is 0 Å². The standard InChI is InChI=1S/C14H19N3O.C2HF3O2/c18-14-16-13-4-2-1-3-11(13)7-10-17(14)12-5-8-15-9-6-12;3-2(4,5)1(6)7/h1-4,12,15H,5-10H2,(H,16,18);(H,6,7). The number of carboxylic acid groups (broad SMARTS) is 1. The van der Waals surface area contributed by atoms with Crippen molar-refractivity contribution in [3.63, 3.8) is 0 Å². The molecule has 3 N–H and O–H groups in total. The molecule has 2 aliphatic rings. The van der Waals surface area contributed by atoms with Gasteiger partial charge >= 0.3 is 18.2 Å². The van der Waals surface area contributed by atoms with E-state index in [4.69, 9.17) is 9.90 Å². The molecule has 0 bridgehead atoms. The lowest BCUT2D eigenvalue weighted by atomic mass is 10.0. The summed E-state index contributed by atoms with van der Waals surface area (Å²) in [5.41, 5.74) is 2.21. The molecule has 138 valence electrons. The van der Waals surface area contributed by atoms with E-state index in [0.717, 1.165) is 44.6 Å². The Morgan fingerprint density at radius 3 is 2.40 bits per heavy atom. The number of para-hydroxylation sites is 1. The van der Waals surface area contributed by atoms with E-state index in [1.807, 2.05) is 23.1 Å². The molecule has 0 spiro atoms. The second-order valence-electron chi connectivity index (χ2n) is 5.81. The molecule has 0 aromatic heterocycles. The van der Waals surface area contributed by atoms with Gasteiger partial charge in [0.1, 0.15) is 0 Å². The van der Waals surface area contributed by atoms with E-state index >= 15 is 0 Å². The van der Waals surface area contributed by atoms with E-state index in [2.05, 4.69) is 16.7 Å². The molecule has 2 aliphatic heterocycles. The second-order valence-corrected chi connectivity index (χ2v) is 5.81. The van der Waals surface area contributed by atoms with Crippen LogP contribution in [0.15, 0.2) is 24.3 Å². The van der Waals surface area contributed by atoms with Crippen molar-refractivity contribution in [1.29, 1.82) is 0 Å². The molecule has 9 heteroatoms. The number of carboxylic acids is 1. The first kappa shape index (κ1) is 19.0. The zero-order valence-electron chi connectivity index (χ0n) is 13.5. The number of anilines is 1. The van der Waals surface area contributed by atoms with Crippen LogP contribution in [0.1, 0.15) is 18.4 Å². The molecule has 2 heterocycles. The first-order valence-corrected chi connectivity index (χ1v) is 7.95. The van der Waals surface area contributed by atoms with Gasteiger partial charge in [-0.25, -0.2) is 9.59 Å². The summed E-state index contributed by atoms with van der Waals surface area (Å²) < 4.78 is 31.7. The number of urea groups is 1. The van der Waals surface area contributed by atoms with Crippen molar-refractivity contribution in [2.24, 2.45) is 0 Å². The van der Waals surface area contributed by atoms with Gasteiger partial charge in [0.25, 0.3) is 0 Å². The predicted molar refractivity (Wildman–Crippen MR) is 85.5 cm³/mol. The lowest BCUT2D eigenvalue weighted by Crippen LogP contribution is -2.47. The van der Waals surface area contributed by atoms with E-state index in [0.29, 0.717) is 6.04 Å². The second kappa shape index (κ2) is 8.19. The molecular weight excluding hydrogens is 339 g/mol. The van der Waals surface area contributed by atoms with Crippen molar-refractivity contribution < 1.29 is 27.9 Å². The van der Waals surface area contributed by atoms with Gasteiger partial charge in [0, 0.05) is 18.3 Å². The van der Waals surface area contributed by atoms with Crippen molar-refractivity contribution >= 4 is 17.7 Å². The number of aliphatic carboxylic acids is 1. The Kier molecular flexibility index (Phi) is 6.24. The van der Waals surface area contributed by atoms with Gasteiger partial charge in [0.15, 0.2) is 0 Å². The Labute approximate surface area is 143 Å². The number of carbonyl (C=O) groups is 2. The first-order chi connectivity index (χ1) is 11.8. The number of alkyl halides is 3. The van der Waals surface area contributed by atoms with Crippen molar-refractivity contribution in [2.45, 2.75) is 31.5 Å². The summed E-state index contributed by atoms with van der Waals surface area (Å²) in [5, 5.41) is 13.5. The van der Waals surface area contributed by atoms with Gasteiger partial charge in [-0.2, -0.15) is 13.2 Å². The average Bonchev–Trinajstić information content (AvgIpc) is 2.73.